The van der Waals surface area contributed by atoms with Crippen molar-refractivity contribution in [2.45, 2.75) is 32.6 Å². The molecular formula is C22H23N3O2. The fourth-order valence-corrected chi connectivity index (χ4v) is 3.85. The van der Waals surface area contributed by atoms with Crippen molar-refractivity contribution >= 4 is 34.6 Å². The lowest BCUT2D eigenvalue weighted by molar-refractivity contribution is -0.122. The van der Waals surface area contributed by atoms with Gasteiger partial charge in [0.05, 0.1) is 17.3 Å². The molecule has 0 aromatic heterocycles. The molecule has 0 radical (unpaired) electrons. The lowest BCUT2D eigenvalue weighted by atomic mass is 10.1. The molecule has 0 bridgehead atoms. The van der Waals surface area contributed by atoms with Gasteiger partial charge in [-0.05, 0) is 55.5 Å². The summed E-state index contributed by atoms with van der Waals surface area (Å²) in [6, 6.07) is 15.4. The predicted molar refractivity (Wildman–Crippen MR) is 108 cm³/mol. The van der Waals surface area contributed by atoms with Gasteiger partial charge in [0.15, 0.2) is 0 Å². The molecule has 1 fully saturated rings. The van der Waals surface area contributed by atoms with Gasteiger partial charge >= 0.3 is 0 Å². The van der Waals surface area contributed by atoms with Crippen molar-refractivity contribution in [3.63, 3.8) is 0 Å². The zero-order chi connectivity index (χ0) is 18.8. The molecule has 0 spiro atoms. The van der Waals surface area contributed by atoms with E-state index >= 15 is 0 Å². The molecule has 1 unspecified atom stereocenters. The molecule has 0 saturated heterocycles. The van der Waals surface area contributed by atoms with Crippen molar-refractivity contribution in [2.24, 2.45) is 10.9 Å². The maximum absolute atomic E-state index is 13.1. The number of hydrogen-bond acceptors (Lipinski definition) is 3. The normalized spacial score (nSPS) is 18.4. The number of carbonyl (C=O) groups is 2. The van der Waals surface area contributed by atoms with Crippen molar-refractivity contribution in [1.82, 2.24) is 0 Å². The highest BCUT2D eigenvalue weighted by Crippen LogP contribution is 2.37. The van der Waals surface area contributed by atoms with E-state index in [2.05, 4.69) is 12.2 Å². The minimum absolute atomic E-state index is 0.00843. The van der Waals surface area contributed by atoms with Gasteiger partial charge in [-0.15, -0.1) is 0 Å². The van der Waals surface area contributed by atoms with Crippen molar-refractivity contribution in [3.05, 3.63) is 54.1 Å². The van der Waals surface area contributed by atoms with Crippen LogP contribution in [0.3, 0.4) is 0 Å². The molecule has 1 saturated carbocycles. The Labute approximate surface area is 159 Å². The van der Waals surface area contributed by atoms with E-state index < -0.39 is 0 Å². The molecule has 4 rings (SSSR count). The Morgan fingerprint density at radius 3 is 2.93 bits per heavy atom. The molecule has 1 N–H and O–H groups in total. The van der Waals surface area contributed by atoms with E-state index in [9.17, 15) is 9.59 Å². The highest BCUT2D eigenvalue weighted by Gasteiger charge is 2.37. The number of rotatable bonds is 4. The summed E-state index contributed by atoms with van der Waals surface area (Å²) in [4.78, 5) is 32.2. The van der Waals surface area contributed by atoms with Gasteiger partial charge < -0.3 is 10.2 Å². The first-order chi connectivity index (χ1) is 13.2. The molecule has 2 aromatic carbocycles. The monoisotopic (exact) mass is 361 g/mol. The summed E-state index contributed by atoms with van der Waals surface area (Å²) in [5, 5.41) is 2.93. The number of amides is 2. The average molecular weight is 361 g/mol. The topological polar surface area (TPSA) is 61.8 Å². The summed E-state index contributed by atoms with van der Waals surface area (Å²) in [7, 11) is 0. The number of carbonyl (C=O) groups excluding carboxylic acids is 2. The second-order valence-electron chi connectivity index (χ2n) is 7.06. The SMILES string of the molecule is CCc1cccc(NC(=O)CN2C(=O)C3CCCC3=Nc3ccccc32)c1. The second-order valence-corrected chi connectivity index (χ2v) is 7.06. The summed E-state index contributed by atoms with van der Waals surface area (Å²) < 4.78 is 0. The summed E-state index contributed by atoms with van der Waals surface area (Å²) in [6.45, 7) is 2.07. The molecule has 5 nitrogen and oxygen atoms in total. The zero-order valence-electron chi connectivity index (χ0n) is 15.4. The number of para-hydroxylation sites is 2. The lowest BCUT2D eigenvalue weighted by Gasteiger charge is -2.24. The lowest BCUT2D eigenvalue weighted by Crippen LogP contribution is -2.41. The molecule has 138 valence electrons. The molecule has 27 heavy (non-hydrogen) atoms. The summed E-state index contributed by atoms with van der Waals surface area (Å²) in [5.74, 6) is -0.421. The maximum Gasteiger partial charge on any atom is 0.244 e. The Morgan fingerprint density at radius 2 is 2.07 bits per heavy atom. The van der Waals surface area contributed by atoms with Crippen molar-refractivity contribution in [2.75, 3.05) is 16.8 Å². The van der Waals surface area contributed by atoms with Gasteiger partial charge in [-0.1, -0.05) is 31.2 Å². The summed E-state index contributed by atoms with van der Waals surface area (Å²) in [5.41, 5.74) is 4.35. The molecule has 1 atom stereocenters. The number of benzene rings is 2. The number of nitrogens with zero attached hydrogens (tertiary/aromatic N) is 2. The molecule has 2 aliphatic rings. The van der Waals surface area contributed by atoms with Crippen LogP contribution >= 0.6 is 0 Å². The van der Waals surface area contributed by atoms with Crippen LogP contribution in [-0.4, -0.2) is 24.1 Å². The van der Waals surface area contributed by atoms with Crippen LogP contribution in [-0.2, 0) is 16.0 Å². The van der Waals surface area contributed by atoms with Gasteiger partial charge in [0, 0.05) is 11.4 Å². The van der Waals surface area contributed by atoms with E-state index in [1.807, 2.05) is 48.5 Å². The first-order valence-electron chi connectivity index (χ1n) is 9.52. The smallest absolute Gasteiger partial charge is 0.244 e. The predicted octanol–water partition coefficient (Wildman–Crippen LogP) is 4.11. The highest BCUT2D eigenvalue weighted by molar-refractivity contribution is 6.16. The number of aliphatic imine (C=N–C) groups is 1. The van der Waals surface area contributed by atoms with Gasteiger partial charge in [-0.3, -0.25) is 14.6 Å². The molecule has 5 heteroatoms. The first kappa shape index (κ1) is 17.5. The van der Waals surface area contributed by atoms with Crippen LogP contribution in [0.5, 0.6) is 0 Å². The quantitative estimate of drug-likeness (QED) is 0.891. The highest BCUT2D eigenvalue weighted by atomic mass is 16.2. The number of aryl methyl sites for hydroxylation is 1. The second kappa shape index (κ2) is 7.35. The fraction of sp³-hybridized carbons (Fsp3) is 0.318. The minimum Gasteiger partial charge on any atom is -0.325 e. The van der Waals surface area contributed by atoms with E-state index in [4.69, 9.17) is 4.99 Å². The van der Waals surface area contributed by atoms with Crippen LogP contribution in [0.1, 0.15) is 31.7 Å². The van der Waals surface area contributed by atoms with Crippen LogP contribution in [0.2, 0.25) is 0 Å². The zero-order valence-corrected chi connectivity index (χ0v) is 15.4. The molecule has 1 aliphatic carbocycles. The van der Waals surface area contributed by atoms with Crippen LogP contribution in [0.15, 0.2) is 53.5 Å². The Morgan fingerprint density at radius 1 is 1.22 bits per heavy atom. The van der Waals surface area contributed by atoms with Crippen molar-refractivity contribution < 1.29 is 9.59 Å². The Bertz CT molecular complexity index is 919. The minimum atomic E-state index is -0.201. The van der Waals surface area contributed by atoms with Crippen molar-refractivity contribution in [1.29, 1.82) is 0 Å². The largest absolute Gasteiger partial charge is 0.325 e. The third-order valence-electron chi connectivity index (χ3n) is 5.25. The number of anilines is 2. The Hall–Kier alpha value is -2.95. The van der Waals surface area contributed by atoms with Crippen LogP contribution in [0.25, 0.3) is 0 Å². The van der Waals surface area contributed by atoms with E-state index in [0.717, 1.165) is 48.3 Å². The third-order valence-corrected chi connectivity index (χ3v) is 5.25. The van der Waals surface area contributed by atoms with Gasteiger partial charge in [0.25, 0.3) is 0 Å². The molecule has 2 amide bonds. The van der Waals surface area contributed by atoms with Gasteiger partial charge in [-0.2, -0.15) is 0 Å². The van der Waals surface area contributed by atoms with Gasteiger partial charge in [-0.25, -0.2) is 0 Å². The maximum atomic E-state index is 13.1. The van der Waals surface area contributed by atoms with E-state index in [0.29, 0.717) is 5.69 Å². The van der Waals surface area contributed by atoms with E-state index in [1.54, 1.807) is 4.90 Å². The number of hydrogen-bond donors (Lipinski definition) is 1. The summed E-state index contributed by atoms with van der Waals surface area (Å²) in [6.07, 6.45) is 3.54. The number of nitrogens with one attached hydrogen (secondary N) is 1. The number of fused-ring (bicyclic) bond motifs is 2. The van der Waals surface area contributed by atoms with Gasteiger partial charge in [0.2, 0.25) is 11.8 Å². The van der Waals surface area contributed by atoms with Crippen LogP contribution in [0, 0.1) is 5.92 Å². The van der Waals surface area contributed by atoms with Crippen LogP contribution < -0.4 is 10.2 Å². The van der Waals surface area contributed by atoms with Crippen LogP contribution in [0.4, 0.5) is 17.1 Å². The standard InChI is InChI=1S/C22H23N3O2/c1-2-15-7-5-8-16(13-15)23-21(26)14-25-20-12-4-3-10-19(20)24-18-11-6-9-17(18)22(25)27/h3-5,7-8,10,12-13,17H,2,6,9,11,14H2,1H3,(H,23,26). The Kier molecular flexibility index (Phi) is 4.75. The van der Waals surface area contributed by atoms with E-state index in [1.165, 1.54) is 0 Å². The summed E-state index contributed by atoms with van der Waals surface area (Å²) >= 11 is 0. The molecule has 1 aliphatic heterocycles. The molecule has 2 aromatic rings. The van der Waals surface area contributed by atoms with E-state index in [-0.39, 0.29) is 24.3 Å². The first-order valence-corrected chi connectivity index (χ1v) is 9.52. The molecule has 1 heterocycles. The van der Waals surface area contributed by atoms with Gasteiger partial charge in [0.1, 0.15) is 6.54 Å². The molecular weight excluding hydrogens is 338 g/mol. The van der Waals surface area contributed by atoms with Crippen molar-refractivity contribution in [3.8, 4) is 0 Å². The Balaban J connectivity index is 1.59. The fourth-order valence-electron chi connectivity index (χ4n) is 3.85. The average Bonchev–Trinajstić information content (AvgIpc) is 3.11. The third kappa shape index (κ3) is 3.50.